The summed E-state index contributed by atoms with van der Waals surface area (Å²) in [4.78, 5) is 12.4. The van der Waals surface area contributed by atoms with Crippen LogP contribution in [0.1, 0.15) is 49.4 Å². The lowest BCUT2D eigenvalue weighted by Gasteiger charge is -2.30. The molecule has 0 aromatic carbocycles. The highest BCUT2D eigenvalue weighted by molar-refractivity contribution is 9.10. The largest absolute Gasteiger partial charge is 0.370 e. The summed E-state index contributed by atoms with van der Waals surface area (Å²) >= 11 is 5.19. The van der Waals surface area contributed by atoms with E-state index in [4.69, 9.17) is 11.5 Å². The molecule has 0 spiro atoms. The highest BCUT2D eigenvalue weighted by Crippen LogP contribution is 2.47. The molecule has 0 bridgehead atoms. The molecule has 18 heavy (non-hydrogen) atoms. The lowest BCUT2D eigenvalue weighted by Crippen LogP contribution is -2.29. The Balaban J connectivity index is 2.10. The van der Waals surface area contributed by atoms with E-state index < -0.39 is 0 Å². The van der Waals surface area contributed by atoms with Gasteiger partial charge in [0.05, 0.1) is 0 Å². The molecule has 0 aliphatic heterocycles. The van der Waals surface area contributed by atoms with Gasteiger partial charge in [0, 0.05) is 21.8 Å². The second-order valence-electron chi connectivity index (χ2n) is 5.29. The maximum absolute atomic E-state index is 11.3. The fraction of sp³-hybridized carbons (Fsp3) is 0.615. The van der Waals surface area contributed by atoms with Crippen molar-refractivity contribution in [3.05, 3.63) is 20.8 Å². The molecule has 1 fully saturated rings. The van der Waals surface area contributed by atoms with Crippen LogP contribution in [0.2, 0.25) is 0 Å². The molecule has 5 heteroatoms. The molecule has 0 saturated heterocycles. The van der Waals surface area contributed by atoms with E-state index in [0.29, 0.717) is 6.42 Å². The average molecular weight is 331 g/mol. The van der Waals surface area contributed by atoms with Gasteiger partial charge in [-0.2, -0.15) is 0 Å². The summed E-state index contributed by atoms with van der Waals surface area (Å²) in [6.45, 7) is 0. The molecule has 1 unspecified atom stereocenters. The summed E-state index contributed by atoms with van der Waals surface area (Å²) in [6.07, 6.45) is 5.86. The number of thiophene rings is 1. The van der Waals surface area contributed by atoms with E-state index in [1.807, 2.05) is 11.4 Å². The van der Waals surface area contributed by atoms with Crippen molar-refractivity contribution in [3.63, 3.8) is 0 Å². The summed E-state index contributed by atoms with van der Waals surface area (Å²) in [7, 11) is 0. The lowest BCUT2D eigenvalue weighted by molar-refractivity contribution is -0.120. The van der Waals surface area contributed by atoms with Crippen molar-refractivity contribution in [3.8, 4) is 0 Å². The third-order valence-electron chi connectivity index (χ3n) is 3.85. The Bertz CT molecular complexity index is 426. The Hall–Kier alpha value is -0.390. The van der Waals surface area contributed by atoms with Crippen LogP contribution < -0.4 is 11.5 Å². The Kier molecular flexibility index (Phi) is 4.45. The molecule has 1 aliphatic carbocycles. The van der Waals surface area contributed by atoms with Crippen LogP contribution in [0.25, 0.3) is 0 Å². The van der Waals surface area contributed by atoms with Gasteiger partial charge in [-0.25, -0.2) is 0 Å². The quantitative estimate of drug-likeness (QED) is 0.869. The summed E-state index contributed by atoms with van der Waals surface area (Å²) in [5.74, 6) is -0.200. The van der Waals surface area contributed by atoms with Gasteiger partial charge in [-0.15, -0.1) is 11.3 Å². The Morgan fingerprint density at radius 1 is 1.50 bits per heavy atom. The summed E-state index contributed by atoms with van der Waals surface area (Å²) in [5, 5.41) is 2.04. The van der Waals surface area contributed by atoms with Crippen LogP contribution >= 0.6 is 27.3 Å². The first-order chi connectivity index (χ1) is 8.52. The zero-order chi connectivity index (χ0) is 13.2. The predicted molar refractivity (Wildman–Crippen MR) is 78.3 cm³/mol. The number of halogens is 1. The molecular formula is C13H19BrN2OS. The van der Waals surface area contributed by atoms with Crippen molar-refractivity contribution in [2.75, 3.05) is 0 Å². The van der Waals surface area contributed by atoms with Crippen LogP contribution in [0.3, 0.4) is 0 Å². The van der Waals surface area contributed by atoms with Crippen molar-refractivity contribution in [1.82, 2.24) is 0 Å². The minimum atomic E-state index is -0.200. The van der Waals surface area contributed by atoms with Crippen molar-refractivity contribution in [2.45, 2.75) is 44.6 Å². The zero-order valence-corrected chi connectivity index (χ0v) is 12.7. The van der Waals surface area contributed by atoms with Gasteiger partial charge in [-0.1, -0.05) is 12.8 Å². The molecule has 1 amide bonds. The van der Waals surface area contributed by atoms with Gasteiger partial charge in [0.1, 0.15) is 0 Å². The van der Waals surface area contributed by atoms with Crippen LogP contribution in [0.15, 0.2) is 15.9 Å². The Labute approximate surface area is 120 Å². The van der Waals surface area contributed by atoms with E-state index in [0.717, 1.165) is 23.7 Å². The van der Waals surface area contributed by atoms with Gasteiger partial charge in [0.2, 0.25) is 5.91 Å². The van der Waals surface area contributed by atoms with E-state index in [-0.39, 0.29) is 17.4 Å². The van der Waals surface area contributed by atoms with Crippen LogP contribution in [-0.4, -0.2) is 5.91 Å². The standard InChI is InChI=1S/C13H19BrN2OS/c14-9-3-6-18-12(9)10(15)7-13(8-11(16)17)4-1-2-5-13/h3,6,10H,1-2,4-5,7-8,15H2,(H2,16,17). The number of hydrogen-bond acceptors (Lipinski definition) is 3. The minimum Gasteiger partial charge on any atom is -0.370 e. The van der Waals surface area contributed by atoms with Crippen LogP contribution in [0.4, 0.5) is 0 Å². The van der Waals surface area contributed by atoms with Crippen LogP contribution in [0, 0.1) is 5.41 Å². The number of hydrogen-bond donors (Lipinski definition) is 2. The van der Waals surface area contributed by atoms with Gasteiger partial charge >= 0.3 is 0 Å². The highest BCUT2D eigenvalue weighted by atomic mass is 79.9. The normalized spacial score (nSPS) is 19.9. The van der Waals surface area contributed by atoms with E-state index in [2.05, 4.69) is 15.9 Å². The number of primary amides is 1. The molecule has 1 atom stereocenters. The molecule has 1 aliphatic rings. The molecule has 2 rings (SSSR count). The molecule has 1 aromatic rings. The summed E-state index contributed by atoms with van der Waals surface area (Å²) in [6, 6.07) is 2.02. The maximum atomic E-state index is 11.3. The number of carbonyl (C=O) groups is 1. The van der Waals surface area contributed by atoms with Gasteiger partial charge in [0.25, 0.3) is 0 Å². The number of rotatable bonds is 5. The molecular weight excluding hydrogens is 312 g/mol. The topological polar surface area (TPSA) is 69.1 Å². The molecule has 3 nitrogen and oxygen atoms in total. The maximum Gasteiger partial charge on any atom is 0.217 e. The lowest BCUT2D eigenvalue weighted by atomic mass is 9.77. The average Bonchev–Trinajstić information content (AvgIpc) is 2.86. The fourth-order valence-corrected chi connectivity index (χ4v) is 4.75. The van der Waals surface area contributed by atoms with Gasteiger partial charge < -0.3 is 11.5 Å². The fourth-order valence-electron chi connectivity index (χ4n) is 3.08. The van der Waals surface area contributed by atoms with Crippen molar-refractivity contribution in [2.24, 2.45) is 16.9 Å². The predicted octanol–water partition coefficient (Wildman–Crippen LogP) is 3.34. The van der Waals surface area contributed by atoms with Crippen molar-refractivity contribution in [1.29, 1.82) is 0 Å². The summed E-state index contributed by atoms with van der Waals surface area (Å²) in [5.41, 5.74) is 11.7. The monoisotopic (exact) mass is 330 g/mol. The van der Waals surface area contributed by atoms with Crippen LogP contribution in [-0.2, 0) is 4.79 Å². The number of nitrogens with two attached hydrogens (primary N) is 2. The third-order valence-corrected chi connectivity index (χ3v) is 5.85. The molecule has 0 radical (unpaired) electrons. The van der Waals surface area contributed by atoms with Crippen molar-refractivity contribution >= 4 is 33.2 Å². The first kappa shape index (κ1) is 14.0. The highest BCUT2D eigenvalue weighted by Gasteiger charge is 2.37. The molecule has 1 heterocycles. The van der Waals surface area contributed by atoms with Gasteiger partial charge in [-0.05, 0) is 52.1 Å². The minimum absolute atomic E-state index is 0.00294. The van der Waals surface area contributed by atoms with E-state index in [1.54, 1.807) is 11.3 Å². The first-order valence-corrected chi connectivity index (χ1v) is 7.96. The SMILES string of the molecule is NC(=O)CC1(CC(N)c2sccc2Br)CCCC1. The van der Waals surface area contributed by atoms with Crippen molar-refractivity contribution < 1.29 is 4.79 Å². The Morgan fingerprint density at radius 2 is 2.17 bits per heavy atom. The van der Waals surface area contributed by atoms with Gasteiger partial charge in [-0.3, -0.25) is 4.79 Å². The number of carbonyl (C=O) groups excluding carboxylic acids is 1. The van der Waals surface area contributed by atoms with E-state index in [9.17, 15) is 4.79 Å². The third kappa shape index (κ3) is 3.13. The second kappa shape index (κ2) is 5.72. The molecule has 1 saturated carbocycles. The molecule has 1 aromatic heterocycles. The van der Waals surface area contributed by atoms with Crippen LogP contribution in [0.5, 0.6) is 0 Å². The molecule has 4 N–H and O–H groups in total. The number of amides is 1. The molecule has 100 valence electrons. The second-order valence-corrected chi connectivity index (χ2v) is 7.10. The van der Waals surface area contributed by atoms with Gasteiger partial charge in [0.15, 0.2) is 0 Å². The smallest absolute Gasteiger partial charge is 0.217 e. The zero-order valence-electron chi connectivity index (χ0n) is 10.3. The Morgan fingerprint density at radius 3 is 2.67 bits per heavy atom. The summed E-state index contributed by atoms with van der Waals surface area (Å²) < 4.78 is 1.08. The van der Waals surface area contributed by atoms with E-state index >= 15 is 0 Å². The van der Waals surface area contributed by atoms with E-state index in [1.165, 1.54) is 17.7 Å². The first-order valence-electron chi connectivity index (χ1n) is 6.29.